The predicted octanol–water partition coefficient (Wildman–Crippen LogP) is 4.64. The first-order valence-corrected chi connectivity index (χ1v) is 11.6. The molecule has 0 aliphatic carbocycles. The van der Waals surface area contributed by atoms with Crippen LogP contribution in [-0.2, 0) is 0 Å². The molecule has 3 aromatic carbocycles. The molecule has 34 heavy (non-hydrogen) atoms. The third kappa shape index (κ3) is 5.64. The van der Waals surface area contributed by atoms with E-state index < -0.39 is 0 Å². The average Bonchev–Trinajstić information content (AvgIpc) is 2.88. The fourth-order valence-electron chi connectivity index (χ4n) is 3.90. The zero-order valence-corrected chi connectivity index (χ0v) is 19.3. The van der Waals surface area contributed by atoms with Gasteiger partial charge >= 0.3 is 0 Å². The average molecular weight is 477 g/mol. The third-order valence-electron chi connectivity index (χ3n) is 5.76. The first-order chi connectivity index (χ1) is 16.5. The molecule has 0 aromatic heterocycles. The number of para-hydroxylation sites is 1. The fourth-order valence-corrected chi connectivity index (χ4v) is 4.12. The number of carbonyl (C=O) groups excluding carboxylic acids is 3. The minimum absolute atomic E-state index is 0.0908. The van der Waals surface area contributed by atoms with Crippen LogP contribution in [0.4, 0.5) is 0 Å². The summed E-state index contributed by atoms with van der Waals surface area (Å²) in [6, 6.07) is 22.8. The quantitative estimate of drug-likeness (QED) is 0.504. The maximum absolute atomic E-state index is 12.8. The number of ether oxygens (including phenoxy) is 1. The van der Waals surface area contributed by atoms with Crippen LogP contribution in [0, 0.1) is 0 Å². The van der Waals surface area contributed by atoms with Crippen molar-refractivity contribution in [3.63, 3.8) is 0 Å². The van der Waals surface area contributed by atoms with Gasteiger partial charge in [0.2, 0.25) is 0 Å². The van der Waals surface area contributed by atoms with Gasteiger partial charge in [0.25, 0.3) is 11.8 Å². The Morgan fingerprint density at radius 3 is 2.18 bits per heavy atom. The summed E-state index contributed by atoms with van der Waals surface area (Å²) >= 11 is 6.17. The maximum atomic E-state index is 12.8. The number of likely N-dealkylation sites (tertiary alicyclic amines) is 1. The van der Waals surface area contributed by atoms with Crippen LogP contribution >= 0.6 is 11.6 Å². The first kappa shape index (κ1) is 23.5. The Balaban J connectivity index is 1.34. The lowest BCUT2D eigenvalue weighted by Crippen LogP contribution is -2.42. The summed E-state index contributed by atoms with van der Waals surface area (Å²) in [5.74, 6) is -0.163. The smallest absolute Gasteiger partial charge is 0.255 e. The van der Waals surface area contributed by atoms with Gasteiger partial charge in [-0.2, -0.15) is 0 Å². The van der Waals surface area contributed by atoms with Gasteiger partial charge in [-0.1, -0.05) is 66.2 Å². The minimum atomic E-state index is -0.369. The van der Waals surface area contributed by atoms with Gasteiger partial charge in [0.1, 0.15) is 11.9 Å². The van der Waals surface area contributed by atoms with E-state index in [1.165, 1.54) is 0 Å². The van der Waals surface area contributed by atoms with Crippen molar-refractivity contribution in [2.24, 2.45) is 0 Å². The number of hydrogen-bond donors (Lipinski definition) is 1. The van der Waals surface area contributed by atoms with E-state index in [0.29, 0.717) is 53.4 Å². The molecule has 0 atom stereocenters. The van der Waals surface area contributed by atoms with E-state index in [0.717, 1.165) is 0 Å². The van der Waals surface area contributed by atoms with Crippen molar-refractivity contribution in [2.75, 3.05) is 19.6 Å². The van der Waals surface area contributed by atoms with Crippen LogP contribution in [0.25, 0.3) is 0 Å². The lowest BCUT2D eigenvalue weighted by Gasteiger charge is -2.32. The van der Waals surface area contributed by atoms with Gasteiger partial charge in [-0.25, -0.2) is 0 Å². The van der Waals surface area contributed by atoms with E-state index in [1.807, 2.05) is 6.07 Å². The van der Waals surface area contributed by atoms with Crippen molar-refractivity contribution in [3.05, 3.63) is 101 Å². The molecule has 174 valence electrons. The molecule has 1 fully saturated rings. The van der Waals surface area contributed by atoms with Crippen LogP contribution in [-0.4, -0.2) is 48.2 Å². The molecular formula is C27H25ClN2O4. The number of benzene rings is 3. The van der Waals surface area contributed by atoms with Gasteiger partial charge in [0.15, 0.2) is 5.78 Å². The Labute approximate surface area is 203 Å². The molecule has 1 saturated heterocycles. The van der Waals surface area contributed by atoms with E-state index in [4.69, 9.17) is 16.3 Å². The van der Waals surface area contributed by atoms with Gasteiger partial charge in [-0.05, 0) is 24.3 Å². The Bertz CT molecular complexity index is 1170. The van der Waals surface area contributed by atoms with E-state index in [1.54, 1.807) is 77.7 Å². The number of Topliss-reactive ketones (excluding diaryl/α,β-unsaturated/α-hetero) is 1. The summed E-state index contributed by atoms with van der Waals surface area (Å²) in [5, 5.41) is 3.13. The molecule has 0 saturated carbocycles. The highest BCUT2D eigenvalue weighted by molar-refractivity contribution is 6.33. The second-order valence-corrected chi connectivity index (χ2v) is 8.46. The van der Waals surface area contributed by atoms with E-state index in [-0.39, 0.29) is 30.2 Å². The molecule has 2 amide bonds. The topological polar surface area (TPSA) is 75.7 Å². The molecule has 1 N–H and O–H groups in total. The van der Waals surface area contributed by atoms with E-state index >= 15 is 0 Å². The predicted molar refractivity (Wildman–Crippen MR) is 131 cm³/mol. The summed E-state index contributed by atoms with van der Waals surface area (Å²) in [5.41, 5.74) is 1.42. The largest absolute Gasteiger partial charge is 0.489 e. The zero-order chi connectivity index (χ0) is 23.9. The minimum Gasteiger partial charge on any atom is -0.489 e. The Kier molecular flexibility index (Phi) is 7.60. The number of ketones is 1. The molecule has 0 unspecified atom stereocenters. The number of nitrogens with one attached hydrogen (secondary N) is 1. The molecule has 7 heteroatoms. The standard InChI is InChI=1S/C27H25ClN2O4/c28-23-12-6-4-10-21(23)27(33)30-16-14-20(15-17-30)34-25-13-7-5-11-22(25)26(32)29-18-24(31)19-8-2-1-3-9-19/h1-13,20H,14-18H2,(H,29,32). The summed E-state index contributed by atoms with van der Waals surface area (Å²) in [7, 11) is 0. The van der Waals surface area contributed by atoms with Crippen molar-refractivity contribution in [2.45, 2.75) is 18.9 Å². The molecule has 0 radical (unpaired) electrons. The highest BCUT2D eigenvalue weighted by Gasteiger charge is 2.26. The van der Waals surface area contributed by atoms with Gasteiger partial charge in [-0.15, -0.1) is 0 Å². The zero-order valence-electron chi connectivity index (χ0n) is 18.6. The Hall–Kier alpha value is -3.64. The van der Waals surface area contributed by atoms with Crippen molar-refractivity contribution < 1.29 is 19.1 Å². The van der Waals surface area contributed by atoms with Crippen molar-refractivity contribution in [1.82, 2.24) is 10.2 Å². The number of nitrogens with zero attached hydrogens (tertiary/aromatic N) is 1. The van der Waals surface area contributed by atoms with Gasteiger partial charge < -0.3 is 15.0 Å². The normalized spacial score (nSPS) is 13.9. The fraction of sp³-hybridized carbons (Fsp3) is 0.222. The lowest BCUT2D eigenvalue weighted by molar-refractivity contribution is 0.0593. The maximum Gasteiger partial charge on any atom is 0.255 e. The molecule has 4 rings (SSSR count). The monoisotopic (exact) mass is 476 g/mol. The Morgan fingerprint density at radius 2 is 1.47 bits per heavy atom. The Morgan fingerprint density at radius 1 is 0.853 bits per heavy atom. The number of halogens is 1. The molecule has 6 nitrogen and oxygen atoms in total. The van der Waals surface area contributed by atoms with E-state index in [2.05, 4.69) is 5.32 Å². The summed E-state index contributed by atoms with van der Waals surface area (Å²) in [4.78, 5) is 39.6. The molecule has 0 spiro atoms. The van der Waals surface area contributed by atoms with Crippen LogP contribution in [0.15, 0.2) is 78.9 Å². The highest BCUT2D eigenvalue weighted by atomic mass is 35.5. The molecule has 1 aliphatic rings. The number of rotatable bonds is 7. The second kappa shape index (κ2) is 11.0. The van der Waals surface area contributed by atoms with Crippen LogP contribution in [0.1, 0.15) is 43.9 Å². The van der Waals surface area contributed by atoms with Crippen LogP contribution < -0.4 is 10.1 Å². The lowest BCUT2D eigenvalue weighted by atomic mass is 10.1. The molecule has 3 aromatic rings. The van der Waals surface area contributed by atoms with Gasteiger partial charge in [-0.3, -0.25) is 14.4 Å². The molecular weight excluding hydrogens is 452 g/mol. The summed E-state index contributed by atoms with van der Waals surface area (Å²) < 4.78 is 6.15. The number of carbonyl (C=O) groups is 3. The SMILES string of the molecule is O=C(CNC(=O)c1ccccc1OC1CCN(C(=O)c2ccccc2Cl)CC1)c1ccccc1. The van der Waals surface area contributed by atoms with Gasteiger partial charge in [0.05, 0.1) is 22.7 Å². The number of amides is 2. The summed E-state index contributed by atoms with van der Waals surface area (Å²) in [6.45, 7) is 0.975. The van der Waals surface area contributed by atoms with Crippen molar-refractivity contribution >= 4 is 29.2 Å². The van der Waals surface area contributed by atoms with Crippen molar-refractivity contribution in [3.8, 4) is 5.75 Å². The van der Waals surface area contributed by atoms with Crippen LogP contribution in [0.5, 0.6) is 5.75 Å². The molecule has 1 heterocycles. The number of hydrogen-bond acceptors (Lipinski definition) is 4. The second-order valence-electron chi connectivity index (χ2n) is 8.06. The molecule has 1 aliphatic heterocycles. The van der Waals surface area contributed by atoms with E-state index in [9.17, 15) is 14.4 Å². The van der Waals surface area contributed by atoms with Crippen LogP contribution in [0.3, 0.4) is 0 Å². The molecule has 0 bridgehead atoms. The highest BCUT2D eigenvalue weighted by Crippen LogP contribution is 2.25. The van der Waals surface area contributed by atoms with Crippen LogP contribution in [0.2, 0.25) is 5.02 Å². The third-order valence-corrected chi connectivity index (χ3v) is 6.09. The van der Waals surface area contributed by atoms with Crippen molar-refractivity contribution in [1.29, 1.82) is 0 Å². The van der Waals surface area contributed by atoms with Gasteiger partial charge in [0, 0.05) is 31.5 Å². The summed E-state index contributed by atoms with van der Waals surface area (Å²) in [6.07, 6.45) is 1.15. The number of piperidine rings is 1. The first-order valence-electron chi connectivity index (χ1n) is 11.2.